The summed E-state index contributed by atoms with van der Waals surface area (Å²) >= 11 is 0. The second-order valence-corrected chi connectivity index (χ2v) is 10.2. The average Bonchev–Trinajstić information content (AvgIpc) is 3.49. The first-order valence-electron chi connectivity index (χ1n) is 14.2. The standard InChI is InChI=1S/C34H36N4O4/c1-4-38(5-2)18-17-35-34(41)31-22(3)36-29(32(31)25-13-9-10-14-30(25)39)20-27-26-19-24(15-16-28(26)37-33(27)40)42-21-23-11-7-6-8-12-23/h6-16,19-20,36,39H,4-5,17-18,21H2,1-3H3,(H,35,41)(H,37,40)/b27-20-. The second-order valence-electron chi connectivity index (χ2n) is 10.2. The summed E-state index contributed by atoms with van der Waals surface area (Å²) in [7, 11) is 0. The third-order valence-electron chi connectivity index (χ3n) is 7.54. The van der Waals surface area contributed by atoms with Crippen LogP contribution in [0, 0.1) is 6.92 Å². The van der Waals surface area contributed by atoms with Gasteiger partial charge in [0.05, 0.1) is 11.1 Å². The molecule has 0 bridgehead atoms. The molecule has 1 aromatic heterocycles. The van der Waals surface area contributed by atoms with Crippen molar-refractivity contribution < 1.29 is 19.4 Å². The maximum atomic E-state index is 13.5. The minimum absolute atomic E-state index is 0.0428. The van der Waals surface area contributed by atoms with Crippen LogP contribution in [0.4, 0.5) is 5.69 Å². The molecule has 0 atom stereocenters. The normalized spacial score (nSPS) is 13.3. The molecule has 4 aromatic rings. The van der Waals surface area contributed by atoms with Crippen molar-refractivity contribution in [1.29, 1.82) is 0 Å². The number of likely N-dealkylation sites (N-methyl/N-ethyl adjacent to an activating group) is 1. The summed E-state index contributed by atoms with van der Waals surface area (Å²) in [6.07, 6.45) is 1.74. The van der Waals surface area contributed by atoms with Crippen molar-refractivity contribution in [3.05, 3.63) is 101 Å². The Bertz CT molecular complexity index is 1620. The van der Waals surface area contributed by atoms with Crippen LogP contribution in [0.15, 0.2) is 72.8 Å². The number of carbonyl (C=O) groups is 2. The number of aryl methyl sites for hydroxylation is 1. The van der Waals surface area contributed by atoms with Gasteiger partial charge in [-0.25, -0.2) is 0 Å². The van der Waals surface area contributed by atoms with Crippen LogP contribution in [0.5, 0.6) is 11.5 Å². The molecule has 0 fully saturated rings. The number of fused-ring (bicyclic) bond motifs is 1. The van der Waals surface area contributed by atoms with E-state index in [1.165, 1.54) is 0 Å². The van der Waals surface area contributed by atoms with E-state index in [1.807, 2.05) is 61.5 Å². The van der Waals surface area contributed by atoms with Gasteiger partial charge in [-0.2, -0.15) is 0 Å². The Labute approximate surface area is 246 Å². The van der Waals surface area contributed by atoms with Gasteiger partial charge in [0.1, 0.15) is 18.1 Å². The Morgan fingerprint density at radius 1 is 1.00 bits per heavy atom. The maximum Gasteiger partial charge on any atom is 0.256 e. The Balaban J connectivity index is 1.51. The zero-order valence-corrected chi connectivity index (χ0v) is 24.2. The lowest BCUT2D eigenvalue weighted by Gasteiger charge is -2.18. The summed E-state index contributed by atoms with van der Waals surface area (Å²) in [6, 6.07) is 22.3. The minimum Gasteiger partial charge on any atom is -0.507 e. The molecule has 2 heterocycles. The van der Waals surface area contributed by atoms with E-state index >= 15 is 0 Å². The van der Waals surface area contributed by atoms with Crippen LogP contribution < -0.4 is 15.4 Å². The lowest BCUT2D eigenvalue weighted by Crippen LogP contribution is -2.35. The second kappa shape index (κ2) is 12.8. The van der Waals surface area contributed by atoms with Gasteiger partial charge in [0.2, 0.25) is 0 Å². The highest BCUT2D eigenvalue weighted by molar-refractivity contribution is 6.35. The molecule has 0 radical (unpaired) electrons. The number of hydrogen-bond acceptors (Lipinski definition) is 5. The first-order valence-corrected chi connectivity index (χ1v) is 14.2. The van der Waals surface area contributed by atoms with Gasteiger partial charge in [-0.05, 0) is 55.9 Å². The molecule has 0 saturated carbocycles. The third kappa shape index (κ3) is 6.09. The molecule has 0 spiro atoms. The Morgan fingerprint density at radius 2 is 1.74 bits per heavy atom. The van der Waals surface area contributed by atoms with E-state index in [0.29, 0.717) is 63.8 Å². The van der Waals surface area contributed by atoms with Crippen LogP contribution in [0.25, 0.3) is 22.8 Å². The largest absolute Gasteiger partial charge is 0.507 e. The fourth-order valence-corrected chi connectivity index (χ4v) is 5.25. The number of ether oxygens (including phenoxy) is 1. The summed E-state index contributed by atoms with van der Waals surface area (Å²) in [5, 5.41) is 16.8. The van der Waals surface area contributed by atoms with E-state index in [-0.39, 0.29) is 17.6 Å². The first kappa shape index (κ1) is 28.7. The maximum absolute atomic E-state index is 13.5. The predicted octanol–water partition coefficient (Wildman–Crippen LogP) is 5.84. The van der Waals surface area contributed by atoms with Gasteiger partial charge < -0.3 is 30.4 Å². The number of amides is 2. The number of carbonyl (C=O) groups excluding carboxylic acids is 2. The molecule has 2 amide bonds. The Hall–Kier alpha value is -4.82. The molecule has 8 heteroatoms. The highest BCUT2D eigenvalue weighted by Gasteiger charge is 2.28. The number of aromatic amines is 1. The molecule has 0 unspecified atom stereocenters. The summed E-state index contributed by atoms with van der Waals surface area (Å²) in [5.41, 5.74) is 5.52. The van der Waals surface area contributed by atoms with Crippen molar-refractivity contribution in [2.75, 3.05) is 31.5 Å². The van der Waals surface area contributed by atoms with Gasteiger partial charge in [0.15, 0.2) is 0 Å². The summed E-state index contributed by atoms with van der Waals surface area (Å²) in [6.45, 7) is 9.43. The molecular weight excluding hydrogens is 528 g/mol. The lowest BCUT2D eigenvalue weighted by molar-refractivity contribution is -0.110. The third-order valence-corrected chi connectivity index (χ3v) is 7.54. The van der Waals surface area contributed by atoms with Crippen molar-refractivity contribution in [2.24, 2.45) is 0 Å². The van der Waals surface area contributed by atoms with Gasteiger partial charge >= 0.3 is 0 Å². The topological polar surface area (TPSA) is 107 Å². The average molecular weight is 565 g/mol. The van der Waals surface area contributed by atoms with Crippen molar-refractivity contribution in [3.63, 3.8) is 0 Å². The van der Waals surface area contributed by atoms with Crippen LogP contribution in [0.3, 0.4) is 0 Å². The highest BCUT2D eigenvalue weighted by atomic mass is 16.5. The Morgan fingerprint density at radius 3 is 2.48 bits per heavy atom. The first-order chi connectivity index (χ1) is 20.4. The Kier molecular flexibility index (Phi) is 8.74. The number of H-pyrrole nitrogens is 1. The molecule has 1 aliphatic rings. The zero-order valence-electron chi connectivity index (χ0n) is 24.2. The predicted molar refractivity (Wildman–Crippen MR) is 166 cm³/mol. The van der Waals surface area contributed by atoms with Crippen molar-refractivity contribution in [3.8, 4) is 22.6 Å². The number of phenolic OH excluding ortho intramolecular Hbond substituents is 1. The van der Waals surface area contributed by atoms with Gasteiger partial charge in [-0.3, -0.25) is 9.59 Å². The molecule has 5 rings (SSSR count). The van der Waals surface area contributed by atoms with Gasteiger partial charge in [0.25, 0.3) is 11.8 Å². The number of benzene rings is 3. The SMILES string of the molecule is CCN(CC)CCNC(=O)c1c(C)[nH]c(/C=C2\C(=O)Nc3ccc(OCc4ccccc4)cc32)c1-c1ccccc1O. The fraction of sp³-hybridized carbons (Fsp3) is 0.235. The van der Waals surface area contributed by atoms with Crippen LogP contribution in [0.1, 0.15) is 46.7 Å². The molecule has 4 N–H and O–H groups in total. The lowest BCUT2D eigenvalue weighted by atomic mass is 9.96. The van der Waals surface area contributed by atoms with Crippen molar-refractivity contribution in [2.45, 2.75) is 27.4 Å². The monoisotopic (exact) mass is 564 g/mol. The van der Waals surface area contributed by atoms with Crippen LogP contribution >= 0.6 is 0 Å². The number of nitrogens with zero attached hydrogens (tertiary/aromatic N) is 1. The molecule has 216 valence electrons. The van der Waals surface area contributed by atoms with E-state index in [0.717, 1.165) is 25.2 Å². The molecule has 1 aliphatic heterocycles. The number of phenols is 1. The van der Waals surface area contributed by atoms with E-state index in [4.69, 9.17) is 4.74 Å². The van der Waals surface area contributed by atoms with E-state index in [2.05, 4.69) is 34.4 Å². The van der Waals surface area contributed by atoms with Crippen molar-refractivity contribution in [1.82, 2.24) is 15.2 Å². The number of hydrogen-bond donors (Lipinski definition) is 4. The zero-order chi connectivity index (χ0) is 29.6. The minimum atomic E-state index is -0.258. The number of nitrogens with one attached hydrogen (secondary N) is 3. The molecular formula is C34H36N4O4. The summed E-state index contributed by atoms with van der Waals surface area (Å²) in [5.74, 6) is 0.177. The van der Waals surface area contributed by atoms with Crippen LogP contribution in [-0.4, -0.2) is 53.0 Å². The highest BCUT2D eigenvalue weighted by Crippen LogP contribution is 2.40. The van der Waals surface area contributed by atoms with Gasteiger partial charge in [0, 0.05) is 46.9 Å². The van der Waals surface area contributed by atoms with Crippen molar-refractivity contribution >= 4 is 29.2 Å². The van der Waals surface area contributed by atoms with Crippen LogP contribution in [-0.2, 0) is 11.4 Å². The van der Waals surface area contributed by atoms with E-state index in [9.17, 15) is 14.7 Å². The molecule has 3 aromatic carbocycles. The molecule has 8 nitrogen and oxygen atoms in total. The smallest absolute Gasteiger partial charge is 0.256 e. The molecule has 0 aliphatic carbocycles. The number of aromatic hydroxyl groups is 1. The molecule has 42 heavy (non-hydrogen) atoms. The summed E-state index contributed by atoms with van der Waals surface area (Å²) < 4.78 is 6.02. The van der Waals surface area contributed by atoms with E-state index < -0.39 is 0 Å². The van der Waals surface area contributed by atoms with E-state index in [1.54, 1.807) is 24.3 Å². The summed E-state index contributed by atoms with van der Waals surface area (Å²) in [4.78, 5) is 32.2. The number of rotatable bonds is 11. The number of anilines is 1. The van der Waals surface area contributed by atoms with Crippen LogP contribution in [0.2, 0.25) is 0 Å². The molecule has 0 saturated heterocycles. The number of para-hydroxylation sites is 1. The quantitative estimate of drug-likeness (QED) is 0.171. The number of aromatic nitrogens is 1. The van der Waals surface area contributed by atoms with Gasteiger partial charge in [-0.1, -0.05) is 62.4 Å². The fourth-order valence-electron chi connectivity index (χ4n) is 5.25. The van der Waals surface area contributed by atoms with Gasteiger partial charge in [-0.15, -0.1) is 0 Å².